The van der Waals surface area contributed by atoms with Gasteiger partial charge in [-0.1, -0.05) is 24.8 Å². The molecule has 0 amide bonds. The quantitative estimate of drug-likeness (QED) is 0.387. The molecule has 0 aromatic rings. The van der Waals surface area contributed by atoms with Gasteiger partial charge in [-0.15, -0.1) is 11.6 Å². The van der Waals surface area contributed by atoms with E-state index in [1.165, 1.54) is 5.57 Å². The van der Waals surface area contributed by atoms with Crippen molar-refractivity contribution in [3.05, 3.63) is 36.0 Å². The third kappa shape index (κ3) is 2.58. The lowest BCUT2D eigenvalue weighted by Gasteiger charge is -2.02. The van der Waals surface area contributed by atoms with E-state index in [0.29, 0.717) is 11.8 Å². The van der Waals surface area contributed by atoms with Gasteiger partial charge in [0.1, 0.15) is 6.29 Å². The monoisotopic (exact) mass is 210 g/mol. The molecular formula is C12H15ClO. The van der Waals surface area contributed by atoms with Crippen LogP contribution in [0.15, 0.2) is 36.0 Å². The molecule has 1 rings (SSSR count). The molecule has 0 N–H and O–H groups in total. The normalized spacial score (nSPS) is 27.3. The molecule has 0 saturated heterocycles. The highest BCUT2D eigenvalue weighted by atomic mass is 35.5. The Morgan fingerprint density at radius 2 is 2.36 bits per heavy atom. The summed E-state index contributed by atoms with van der Waals surface area (Å²) in [6.45, 7) is 5.75. The van der Waals surface area contributed by atoms with E-state index in [4.69, 9.17) is 11.6 Å². The number of carbonyl (C=O) groups excluding carboxylic acids is 1. The maximum atomic E-state index is 10.6. The molecule has 2 atom stereocenters. The van der Waals surface area contributed by atoms with E-state index >= 15 is 0 Å². The number of aldehydes is 1. The van der Waals surface area contributed by atoms with Crippen LogP contribution in [0.2, 0.25) is 0 Å². The number of halogens is 1. The van der Waals surface area contributed by atoms with Crippen molar-refractivity contribution >= 4 is 17.9 Å². The molecule has 1 nitrogen and oxygen atoms in total. The Bertz CT molecular complexity index is 289. The summed E-state index contributed by atoms with van der Waals surface area (Å²) in [7, 11) is 0. The van der Waals surface area contributed by atoms with Gasteiger partial charge in [0, 0.05) is 11.8 Å². The van der Waals surface area contributed by atoms with Crippen molar-refractivity contribution in [1.82, 2.24) is 0 Å². The topological polar surface area (TPSA) is 17.1 Å². The van der Waals surface area contributed by atoms with Crippen molar-refractivity contribution in [2.24, 2.45) is 11.8 Å². The number of rotatable bonds is 5. The van der Waals surface area contributed by atoms with E-state index < -0.39 is 0 Å². The maximum Gasteiger partial charge on any atom is 0.123 e. The Kier molecular flexibility index (Phi) is 4.15. The number of alkyl halides is 1. The summed E-state index contributed by atoms with van der Waals surface area (Å²) in [4.78, 5) is 10.6. The fourth-order valence-corrected chi connectivity index (χ4v) is 1.65. The fourth-order valence-electron chi connectivity index (χ4n) is 1.56. The molecule has 1 fully saturated rings. The summed E-state index contributed by atoms with van der Waals surface area (Å²) in [6.07, 6.45) is 7.75. The first kappa shape index (κ1) is 11.3. The van der Waals surface area contributed by atoms with E-state index in [2.05, 4.69) is 6.58 Å². The zero-order chi connectivity index (χ0) is 10.6. The van der Waals surface area contributed by atoms with Crippen LogP contribution in [0, 0.1) is 11.8 Å². The highest BCUT2D eigenvalue weighted by Gasteiger charge is 2.39. The lowest BCUT2D eigenvalue weighted by molar-refractivity contribution is -0.109. The van der Waals surface area contributed by atoms with Crippen molar-refractivity contribution in [1.29, 1.82) is 0 Å². The van der Waals surface area contributed by atoms with Gasteiger partial charge in [0.15, 0.2) is 0 Å². The van der Waals surface area contributed by atoms with Gasteiger partial charge in [0.2, 0.25) is 0 Å². The largest absolute Gasteiger partial charge is 0.303 e. The average molecular weight is 211 g/mol. The Morgan fingerprint density at radius 3 is 2.79 bits per heavy atom. The van der Waals surface area contributed by atoms with Crippen LogP contribution >= 0.6 is 11.6 Å². The van der Waals surface area contributed by atoms with Gasteiger partial charge in [-0.3, -0.25) is 0 Å². The first-order valence-electron chi connectivity index (χ1n) is 4.75. The van der Waals surface area contributed by atoms with E-state index in [-0.39, 0.29) is 5.92 Å². The van der Waals surface area contributed by atoms with Crippen molar-refractivity contribution < 1.29 is 4.79 Å². The molecular weight excluding hydrogens is 196 g/mol. The van der Waals surface area contributed by atoms with Gasteiger partial charge in [0.05, 0.1) is 0 Å². The summed E-state index contributed by atoms with van der Waals surface area (Å²) in [6, 6.07) is 0. The van der Waals surface area contributed by atoms with Crippen molar-refractivity contribution in [3.8, 4) is 0 Å². The summed E-state index contributed by atoms with van der Waals surface area (Å²) >= 11 is 5.58. The molecule has 14 heavy (non-hydrogen) atoms. The second kappa shape index (κ2) is 5.16. The molecule has 2 unspecified atom stereocenters. The third-order valence-electron chi connectivity index (χ3n) is 2.56. The smallest absolute Gasteiger partial charge is 0.123 e. The van der Waals surface area contributed by atoms with Crippen LogP contribution in [-0.2, 0) is 4.79 Å². The molecule has 0 aromatic heterocycles. The van der Waals surface area contributed by atoms with E-state index in [1.807, 2.05) is 25.2 Å². The highest BCUT2D eigenvalue weighted by Crippen LogP contribution is 2.44. The average Bonchev–Trinajstić information content (AvgIpc) is 2.97. The van der Waals surface area contributed by atoms with E-state index in [9.17, 15) is 4.79 Å². The van der Waals surface area contributed by atoms with Crippen molar-refractivity contribution in [3.63, 3.8) is 0 Å². The summed E-state index contributed by atoms with van der Waals surface area (Å²) in [5.41, 5.74) is 2.35. The first-order chi connectivity index (χ1) is 6.74. The van der Waals surface area contributed by atoms with Crippen LogP contribution in [0.25, 0.3) is 0 Å². The number of carbonyl (C=O) groups is 1. The molecule has 76 valence electrons. The number of allylic oxidation sites excluding steroid dienone is 5. The number of hydrogen-bond acceptors (Lipinski definition) is 1. The molecule has 1 saturated carbocycles. The minimum Gasteiger partial charge on any atom is -0.303 e. The van der Waals surface area contributed by atoms with Gasteiger partial charge in [-0.2, -0.15) is 0 Å². The molecule has 0 aromatic carbocycles. The summed E-state index contributed by atoms with van der Waals surface area (Å²) in [5, 5.41) is 0. The third-order valence-corrected chi connectivity index (χ3v) is 2.74. The SMILES string of the molecule is C=C/C(C)=C(/C=C\CCl)C1CC1C=O. The van der Waals surface area contributed by atoms with Crippen molar-refractivity contribution in [2.75, 3.05) is 5.88 Å². The van der Waals surface area contributed by atoms with Crippen LogP contribution in [0.4, 0.5) is 0 Å². The second-order valence-electron chi connectivity index (χ2n) is 3.54. The van der Waals surface area contributed by atoms with Gasteiger partial charge in [0.25, 0.3) is 0 Å². The predicted octanol–water partition coefficient (Wildman–Crippen LogP) is 3.12. The summed E-state index contributed by atoms with van der Waals surface area (Å²) in [5.74, 6) is 1.11. The minimum atomic E-state index is 0.208. The minimum absolute atomic E-state index is 0.208. The van der Waals surface area contributed by atoms with Gasteiger partial charge in [-0.25, -0.2) is 0 Å². The molecule has 1 aliphatic carbocycles. The zero-order valence-corrected chi connectivity index (χ0v) is 9.13. The van der Waals surface area contributed by atoms with Crippen molar-refractivity contribution in [2.45, 2.75) is 13.3 Å². The van der Waals surface area contributed by atoms with Crippen LogP contribution in [0.3, 0.4) is 0 Å². The Balaban J connectivity index is 2.79. The maximum absolute atomic E-state index is 10.6. The zero-order valence-electron chi connectivity index (χ0n) is 8.37. The second-order valence-corrected chi connectivity index (χ2v) is 3.85. The Hall–Kier alpha value is -0.820. The Morgan fingerprint density at radius 1 is 1.64 bits per heavy atom. The molecule has 0 spiro atoms. The lowest BCUT2D eigenvalue weighted by atomic mass is 10.0. The molecule has 0 bridgehead atoms. The van der Waals surface area contributed by atoms with E-state index in [1.54, 1.807) is 0 Å². The summed E-state index contributed by atoms with van der Waals surface area (Å²) < 4.78 is 0. The number of hydrogen-bond donors (Lipinski definition) is 0. The van der Waals surface area contributed by atoms with Crippen LogP contribution < -0.4 is 0 Å². The molecule has 0 aliphatic heterocycles. The van der Waals surface area contributed by atoms with Crippen LogP contribution in [0.1, 0.15) is 13.3 Å². The lowest BCUT2D eigenvalue weighted by Crippen LogP contribution is -1.90. The molecule has 2 heteroatoms. The molecule has 0 heterocycles. The van der Waals surface area contributed by atoms with Gasteiger partial charge < -0.3 is 4.79 Å². The van der Waals surface area contributed by atoms with E-state index in [0.717, 1.165) is 18.3 Å². The molecule has 0 radical (unpaired) electrons. The van der Waals surface area contributed by atoms with Crippen LogP contribution in [0.5, 0.6) is 0 Å². The highest BCUT2D eigenvalue weighted by molar-refractivity contribution is 6.18. The van der Waals surface area contributed by atoms with Crippen LogP contribution in [-0.4, -0.2) is 12.2 Å². The first-order valence-corrected chi connectivity index (χ1v) is 5.29. The predicted molar refractivity (Wildman–Crippen MR) is 60.4 cm³/mol. The van der Waals surface area contributed by atoms with Gasteiger partial charge >= 0.3 is 0 Å². The Labute approximate surface area is 90.1 Å². The van der Waals surface area contributed by atoms with Gasteiger partial charge in [-0.05, 0) is 30.4 Å². The fraction of sp³-hybridized carbons (Fsp3) is 0.417. The standard InChI is InChI=1S/C12H15ClO/c1-3-9(2)11(5-4-6-13)12-7-10(12)8-14/h3-5,8,10,12H,1,6-7H2,2H3/b5-4-,11-9-. The molecule has 1 aliphatic rings.